The van der Waals surface area contributed by atoms with Gasteiger partial charge in [0.25, 0.3) is 0 Å². The number of para-hydroxylation sites is 2. The molecule has 4 N–H and O–H groups in total. The van der Waals surface area contributed by atoms with Crippen LogP contribution in [0.25, 0.3) is 43.6 Å². The molecule has 4 aromatic carbocycles. The van der Waals surface area contributed by atoms with Crippen LogP contribution in [0, 0.1) is 0 Å². The summed E-state index contributed by atoms with van der Waals surface area (Å²) in [6, 6.07) is 28.1. The average molecular weight is 733 g/mol. The van der Waals surface area contributed by atoms with Crippen LogP contribution in [-0.4, -0.2) is 96.6 Å². The first kappa shape index (κ1) is 35.5. The van der Waals surface area contributed by atoms with Gasteiger partial charge in [0.15, 0.2) is 10.2 Å². The predicted octanol–water partition coefficient (Wildman–Crippen LogP) is 6.78. The van der Waals surface area contributed by atoms with Crippen molar-refractivity contribution >= 4 is 89.6 Å². The lowest BCUT2D eigenvalue weighted by Gasteiger charge is -2.34. The van der Waals surface area contributed by atoms with E-state index in [1.807, 2.05) is 72.8 Å². The molecule has 0 aliphatic carbocycles. The highest BCUT2D eigenvalue weighted by molar-refractivity contribution is 7.80. The number of nitrogens with zero attached hydrogens (tertiary/aromatic N) is 4. The van der Waals surface area contributed by atoms with E-state index in [4.69, 9.17) is 43.9 Å². The van der Waals surface area contributed by atoms with Crippen molar-refractivity contribution in [3.05, 3.63) is 84.9 Å². The van der Waals surface area contributed by atoms with Crippen LogP contribution in [-0.2, 0) is 0 Å². The maximum absolute atomic E-state index is 5.74. The zero-order valence-electron chi connectivity index (χ0n) is 29.6. The first-order chi connectivity index (χ1) is 25.5. The van der Waals surface area contributed by atoms with Gasteiger partial charge >= 0.3 is 0 Å². The van der Waals surface area contributed by atoms with Gasteiger partial charge in [-0.2, -0.15) is 0 Å². The summed E-state index contributed by atoms with van der Waals surface area (Å²) in [4.78, 5) is 14.7. The Morgan fingerprint density at radius 1 is 0.577 bits per heavy atom. The third-order valence-corrected chi connectivity index (χ3v) is 10.1. The number of hydrogen-bond acceptors (Lipinski definition) is 8. The maximum atomic E-state index is 5.74. The fourth-order valence-corrected chi connectivity index (χ4v) is 7.23. The zero-order chi connectivity index (χ0) is 35.9. The Kier molecular flexibility index (Phi) is 11.4. The summed E-state index contributed by atoms with van der Waals surface area (Å²) in [6.45, 7) is 7.94. The Bertz CT molecular complexity index is 2070. The fraction of sp³-hybridized carbons (Fsp3) is 0.300. The van der Waals surface area contributed by atoms with Crippen LogP contribution in [0.15, 0.2) is 84.9 Å². The van der Waals surface area contributed by atoms with Gasteiger partial charge in [-0.3, -0.25) is 0 Å². The molecule has 7 rings (SSSR count). The highest BCUT2D eigenvalue weighted by atomic mass is 32.1. The zero-order valence-corrected chi connectivity index (χ0v) is 31.2. The molecule has 52 heavy (non-hydrogen) atoms. The van der Waals surface area contributed by atoms with Crippen LogP contribution in [0.2, 0.25) is 0 Å². The van der Waals surface area contributed by atoms with Gasteiger partial charge in [-0.15, -0.1) is 0 Å². The van der Waals surface area contributed by atoms with Crippen LogP contribution in [0.1, 0.15) is 12.8 Å². The van der Waals surface area contributed by atoms with E-state index in [0.717, 1.165) is 132 Å². The van der Waals surface area contributed by atoms with E-state index in [1.165, 1.54) is 0 Å². The van der Waals surface area contributed by atoms with Crippen LogP contribution < -0.4 is 30.7 Å². The van der Waals surface area contributed by atoms with Gasteiger partial charge in [0.1, 0.15) is 11.5 Å². The Morgan fingerprint density at radius 2 is 0.981 bits per heavy atom. The number of benzene rings is 4. The number of piperazine rings is 1. The summed E-state index contributed by atoms with van der Waals surface area (Å²) in [5.74, 6) is 1.57. The van der Waals surface area contributed by atoms with Crippen molar-refractivity contribution in [2.75, 3.05) is 77.2 Å². The number of hydrogen-bond donors (Lipinski definition) is 4. The van der Waals surface area contributed by atoms with Crippen molar-refractivity contribution in [1.82, 2.24) is 30.4 Å². The molecule has 1 saturated heterocycles. The molecule has 12 heteroatoms. The fourth-order valence-electron chi connectivity index (χ4n) is 6.82. The summed E-state index contributed by atoms with van der Waals surface area (Å²) in [5.41, 5.74) is 5.52. The van der Waals surface area contributed by atoms with Crippen LogP contribution >= 0.6 is 24.4 Å². The molecule has 0 amide bonds. The lowest BCUT2D eigenvalue weighted by molar-refractivity contribution is 0.131. The van der Waals surface area contributed by atoms with E-state index in [-0.39, 0.29) is 0 Å². The number of fused-ring (bicyclic) bond motifs is 4. The molecule has 1 fully saturated rings. The van der Waals surface area contributed by atoms with Crippen LogP contribution in [0.3, 0.4) is 0 Å². The number of ether oxygens (including phenoxy) is 2. The minimum atomic E-state index is 0.608. The molecule has 0 saturated carbocycles. The van der Waals surface area contributed by atoms with E-state index in [9.17, 15) is 0 Å². The van der Waals surface area contributed by atoms with Gasteiger partial charge in [-0.25, -0.2) is 9.97 Å². The molecule has 6 aromatic rings. The molecular weight excluding hydrogens is 689 g/mol. The van der Waals surface area contributed by atoms with Crippen molar-refractivity contribution in [2.24, 2.45) is 0 Å². The van der Waals surface area contributed by atoms with Gasteiger partial charge < -0.3 is 40.5 Å². The number of aromatic nitrogens is 2. The smallest absolute Gasteiger partial charge is 0.170 e. The van der Waals surface area contributed by atoms with Crippen molar-refractivity contribution in [1.29, 1.82) is 0 Å². The van der Waals surface area contributed by atoms with E-state index in [2.05, 4.69) is 43.2 Å². The topological polar surface area (TPSA) is 98.8 Å². The monoisotopic (exact) mass is 732 g/mol. The molecule has 1 aliphatic heterocycles. The molecular formula is C40H44N8O2S2. The van der Waals surface area contributed by atoms with Gasteiger partial charge in [-0.05, 0) is 98.9 Å². The Hall–Kier alpha value is -4.88. The molecule has 0 atom stereocenters. The number of thiocarbonyl (C=S) groups is 2. The van der Waals surface area contributed by atoms with E-state index in [0.29, 0.717) is 10.2 Å². The van der Waals surface area contributed by atoms with Gasteiger partial charge in [0.2, 0.25) is 0 Å². The molecule has 0 unspecified atom stereocenters. The molecule has 3 heterocycles. The summed E-state index contributed by atoms with van der Waals surface area (Å²) in [6.07, 6.45) is 2.02. The van der Waals surface area contributed by atoms with Crippen molar-refractivity contribution < 1.29 is 9.47 Å². The molecule has 0 spiro atoms. The minimum absolute atomic E-state index is 0.608. The summed E-state index contributed by atoms with van der Waals surface area (Å²) >= 11 is 11.5. The van der Waals surface area contributed by atoms with E-state index >= 15 is 0 Å². The molecule has 0 radical (unpaired) electrons. The number of methoxy groups -OCH3 is 2. The summed E-state index contributed by atoms with van der Waals surface area (Å²) < 4.78 is 11.0. The van der Waals surface area contributed by atoms with Crippen molar-refractivity contribution in [3.8, 4) is 11.5 Å². The number of nitrogens with one attached hydrogen (secondary N) is 4. The first-order valence-corrected chi connectivity index (χ1v) is 18.6. The molecule has 2 aromatic heterocycles. The summed E-state index contributed by atoms with van der Waals surface area (Å²) in [7, 11) is 3.35. The number of rotatable bonds is 12. The highest BCUT2D eigenvalue weighted by Gasteiger charge is 2.17. The average Bonchev–Trinajstić information content (AvgIpc) is 3.18. The van der Waals surface area contributed by atoms with Gasteiger partial charge in [-0.1, -0.05) is 36.4 Å². The second-order valence-corrected chi connectivity index (χ2v) is 13.7. The van der Waals surface area contributed by atoms with Crippen molar-refractivity contribution in [3.63, 3.8) is 0 Å². The maximum Gasteiger partial charge on any atom is 0.170 e. The van der Waals surface area contributed by atoms with Crippen molar-refractivity contribution in [2.45, 2.75) is 12.8 Å². The van der Waals surface area contributed by atoms with Gasteiger partial charge in [0, 0.05) is 60.8 Å². The molecule has 268 valence electrons. The Morgan fingerprint density at radius 3 is 1.40 bits per heavy atom. The second-order valence-electron chi connectivity index (χ2n) is 12.9. The van der Waals surface area contributed by atoms with E-state index < -0.39 is 0 Å². The standard InChI is InChI=1S/C40H44N8O2S2/c1-49-27-13-15-35-31(25-27)37(29-9-3-5-11-33(29)43-35)45-39(51)41-17-7-19-47-21-23-48(24-22-47)20-8-18-42-40(52)46-38-30-10-4-6-12-34(30)44-36-16-14-28(50-2)26-32(36)38/h3-6,9-16,25-26H,7-8,17-24H2,1-2H3,(H2,41,43,45,51)(H2,42,44,46,52). The largest absolute Gasteiger partial charge is 0.497 e. The van der Waals surface area contributed by atoms with E-state index in [1.54, 1.807) is 14.2 Å². The number of anilines is 2. The lowest BCUT2D eigenvalue weighted by atomic mass is 10.1. The first-order valence-electron chi connectivity index (χ1n) is 17.8. The molecule has 0 bridgehead atoms. The SMILES string of the molecule is COc1ccc2nc3ccccc3c(NC(=S)NCCCN3CCN(CCCNC(=S)Nc4c5ccccc5nc5ccc(OC)cc45)CC3)c2c1. The quantitative estimate of drug-likeness (QED) is 0.0607. The van der Waals surface area contributed by atoms with Crippen LogP contribution in [0.5, 0.6) is 11.5 Å². The van der Waals surface area contributed by atoms with Gasteiger partial charge in [0.05, 0.1) is 47.7 Å². The lowest BCUT2D eigenvalue weighted by Crippen LogP contribution is -2.47. The third kappa shape index (κ3) is 8.26. The van der Waals surface area contributed by atoms with Crippen LogP contribution in [0.4, 0.5) is 11.4 Å². The molecule has 10 nitrogen and oxygen atoms in total. The highest BCUT2D eigenvalue weighted by Crippen LogP contribution is 2.34. The third-order valence-electron chi connectivity index (χ3n) is 9.59. The Labute approximate surface area is 314 Å². The second kappa shape index (κ2) is 16.6. The summed E-state index contributed by atoms with van der Waals surface area (Å²) in [5, 5.41) is 19.0. The predicted molar refractivity (Wildman–Crippen MR) is 222 cm³/mol. The normalized spacial score (nSPS) is 13.7. The minimum Gasteiger partial charge on any atom is -0.497 e. The Balaban J connectivity index is 0.825. The number of pyridine rings is 2. The molecule has 1 aliphatic rings.